The molecule has 3 amide bonds. The molecule has 6 aromatic rings. The van der Waals surface area contributed by atoms with Gasteiger partial charge < -0.3 is 49.2 Å². The van der Waals surface area contributed by atoms with Crippen LogP contribution in [-0.4, -0.2) is 148 Å². The molecule has 16 nitrogen and oxygen atoms in total. The molecule has 3 aromatic heterocycles. The van der Waals surface area contributed by atoms with Crippen molar-refractivity contribution in [2.75, 3.05) is 91.6 Å². The van der Waals surface area contributed by atoms with Crippen LogP contribution >= 0.6 is 22.7 Å². The number of thiazole rings is 2. The van der Waals surface area contributed by atoms with Gasteiger partial charge in [0.05, 0.1) is 85.3 Å². The van der Waals surface area contributed by atoms with E-state index >= 15 is 0 Å². The number of rotatable bonds is 27. The van der Waals surface area contributed by atoms with Crippen LogP contribution in [0, 0.1) is 12.3 Å². The summed E-state index contributed by atoms with van der Waals surface area (Å²) in [6.07, 6.45) is 2.86. The number of aliphatic hydroxyl groups excluding tert-OH is 1. The molecule has 0 bridgehead atoms. The Morgan fingerprint density at radius 3 is 2.04 bits per heavy atom. The van der Waals surface area contributed by atoms with Gasteiger partial charge in [0.25, 0.3) is 0 Å². The lowest BCUT2D eigenvalue weighted by Gasteiger charge is -2.35. The number of nitrogens with one attached hydrogen (secondary N) is 2. The Bertz CT molecular complexity index is 2690. The second-order valence-corrected chi connectivity index (χ2v) is 21.1. The number of β-amino-alcohol motifs (C(OH)–C–C–N with tert-alkyl or cyclic N) is 1. The van der Waals surface area contributed by atoms with Crippen LogP contribution in [0.15, 0.2) is 90.6 Å². The maximum Gasteiger partial charge on any atom is 0.246 e. The zero-order valence-corrected chi connectivity index (χ0v) is 44.4. The average Bonchev–Trinajstić information content (AvgIpc) is 4.13. The van der Waals surface area contributed by atoms with Crippen LogP contribution < -0.4 is 15.5 Å². The standard InChI is InChI=1S/C55H69N7O9S2/c1-37-50(72-36-58-37)40-11-9-38(10-12-40)32-57-52(65)47-31-45(63)34-62(47)54(66)51(55(2,3)4)60-49(64)35-71-29-28-70-27-26-69-25-24-68-23-22-67-21-7-8-43-18-17-42(33-56-43)39-13-15-41(16-14-39)53-59-46-20-19-44(61(5)6)30-48(46)73-53/h9-20,30,33,36,45,47,51,63H,7-8,21-29,31-32,34-35H2,1-6H3,(H,57,65)(H,60,64)/t45-,47+,51?/m1/s1. The number of carbonyl (C=O) groups is 3. The highest BCUT2D eigenvalue weighted by Crippen LogP contribution is 2.34. The van der Waals surface area contributed by atoms with Gasteiger partial charge in [-0.25, -0.2) is 9.97 Å². The van der Waals surface area contributed by atoms with Gasteiger partial charge in [0, 0.05) is 68.9 Å². The predicted octanol–water partition coefficient (Wildman–Crippen LogP) is 7.35. The topological polar surface area (TPSA) is 187 Å². The Morgan fingerprint density at radius 1 is 0.795 bits per heavy atom. The van der Waals surface area contributed by atoms with Crippen LogP contribution in [0.4, 0.5) is 5.69 Å². The van der Waals surface area contributed by atoms with Gasteiger partial charge in [-0.2, -0.15) is 0 Å². The van der Waals surface area contributed by atoms with E-state index < -0.39 is 35.4 Å². The minimum atomic E-state index is -0.956. The SMILES string of the molecule is Cc1ncsc1-c1ccc(CNC(=O)[C@@H]2C[C@@H](O)CN2C(=O)C(NC(=O)COCCOCCOCCOCCOCCCc2ccc(-c3ccc(-c4nc5ccc(N(C)C)cc5s4)cc3)cn2)C(C)(C)C)cc1. The molecule has 3 aromatic carbocycles. The molecule has 0 saturated carbocycles. The Hall–Kier alpha value is -5.70. The quantitative estimate of drug-likeness (QED) is 0.0436. The van der Waals surface area contributed by atoms with Crippen molar-refractivity contribution >= 4 is 56.3 Å². The maximum atomic E-state index is 13.9. The molecule has 0 spiro atoms. The first kappa shape index (κ1) is 55.1. The summed E-state index contributed by atoms with van der Waals surface area (Å²) in [4.78, 5) is 58.7. The lowest BCUT2D eigenvalue weighted by molar-refractivity contribution is -0.144. The Balaban J connectivity index is 0.684. The number of amides is 3. The minimum absolute atomic E-state index is 0.0106. The lowest BCUT2D eigenvalue weighted by atomic mass is 9.85. The van der Waals surface area contributed by atoms with E-state index in [1.807, 2.05) is 77.8 Å². The van der Waals surface area contributed by atoms with E-state index in [1.54, 1.807) is 22.7 Å². The second-order valence-electron chi connectivity index (χ2n) is 19.2. The van der Waals surface area contributed by atoms with Crippen molar-refractivity contribution in [1.29, 1.82) is 0 Å². The van der Waals surface area contributed by atoms with Crippen molar-refractivity contribution in [1.82, 2.24) is 30.5 Å². The fraction of sp³-hybridized carbons (Fsp3) is 0.455. The monoisotopic (exact) mass is 1040 g/mol. The van der Waals surface area contributed by atoms with Crippen LogP contribution in [0.1, 0.15) is 50.6 Å². The second kappa shape index (κ2) is 27.0. The summed E-state index contributed by atoms with van der Waals surface area (Å²) in [7, 11) is 4.09. The molecule has 0 aliphatic carbocycles. The lowest BCUT2D eigenvalue weighted by Crippen LogP contribution is -2.58. The van der Waals surface area contributed by atoms with Crippen molar-refractivity contribution in [3.63, 3.8) is 0 Å². The highest BCUT2D eigenvalue weighted by atomic mass is 32.1. The zero-order chi connectivity index (χ0) is 51.7. The smallest absolute Gasteiger partial charge is 0.246 e. The van der Waals surface area contributed by atoms with Crippen molar-refractivity contribution in [2.45, 2.75) is 71.7 Å². The molecule has 0 radical (unpaired) electrons. The molecule has 73 heavy (non-hydrogen) atoms. The molecular formula is C55H69N7O9S2. The van der Waals surface area contributed by atoms with E-state index in [0.717, 1.165) is 67.4 Å². The fourth-order valence-corrected chi connectivity index (χ4v) is 10.1. The molecule has 18 heteroatoms. The molecule has 1 aliphatic rings. The number of nitrogens with zero attached hydrogens (tertiary/aromatic N) is 5. The first-order valence-electron chi connectivity index (χ1n) is 24.8. The van der Waals surface area contributed by atoms with Gasteiger partial charge in [-0.15, -0.1) is 22.7 Å². The van der Waals surface area contributed by atoms with Crippen LogP contribution in [0.3, 0.4) is 0 Å². The summed E-state index contributed by atoms with van der Waals surface area (Å²) in [6, 6.07) is 25.1. The fourth-order valence-electron chi connectivity index (χ4n) is 8.25. The van der Waals surface area contributed by atoms with E-state index in [1.165, 1.54) is 15.3 Å². The summed E-state index contributed by atoms with van der Waals surface area (Å²) < 4.78 is 29.3. The van der Waals surface area contributed by atoms with Crippen LogP contribution in [0.25, 0.3) is 42.4 Å². The van der Waals surface area contributed by atoms with Crippen molar-refractivity contribution in [2.24, 2.45) is 5.41 Å². The third kappa shape index (κ3) is 16.1. The number of fused-ring (bicyclic) bond motifs is 1. The number of pyridine rings is 1. The van der Waals surface area contributed by atoms with Crippen LogP contribution in [-0.2, 0) is 51.0 Å². The van der Waals surface area contributed by atoms with Crippen molar-refractivity contribution in [3.05, 3.63) is 108 Å². The van der Waals surface area contributed by atoms with Gasteiger partial charge in [-0.1, -0.05) is 75.4 Å². The van der Waals surface area contributed by atoms with E-state index in [2.05, 4.69) is 80.1 Å². The number of ether oxygens (including phenoxy) is 5. The first-order chi connectivity index (χ1) is 35.2. The number of aromatic nitrogens is 3. The molecule has 390 valence electrons. The summed E-state index contributed by atoms with van der Waals surface area (Å²) >= 11 is 3.28. The Labute approximate surface area is 436 Å². The number of carbonyl (C=O) groups excluding carboxylic acids is 3. The highest BCUT2D eigenvalue weighted by Gasteiger charge is 2.44. The minimum Gasteiger partial charge on any atom is -0.391 e. The number of anilines is 1. The summed E-state index contributed by atoms with van der Waals surface area (Å²) in [5, 5.41) is 17.3. The Morgan fingerprint density at radius 2 is 1.42 bits per heavy atom. The van der Waals surface area contributed by atoms with Gasteiger partial charge in [-0.05, 0) is 66.1 Å². The highest BCUT2D eigenvalue weighted by molar-refractivity contribution is 7.21. The van der Waals surface area contributed by atoms with Crippen molar-refractivity contribution < 1.29 is 43.2 Å². The van der Waals surface area contributed by atoms with Crippen LogP contribution in [0.5, 0.6) is 0 Å². The largest absolute Gasteiger partial charge is 0.391 e. The summed E-state index contributed by atoms with van der Waals surface area (Å²) in [5.74, 6) is -1.28. The normalized spacial score (nSPS) is 15.2. The number of hydrogen-bond donors (Lipinski definition) is 3. The number of aryl methyl sites for hydroxylation is 2. The molecule has 1 unspecified atom stereocenters. The number of likely N-dealkylation sites (tertiary alicyclic amines) is 1. The van der Waals surface area contributed by atoms with Gasteiger partial charge >= 0.3 is 0 Å². The van der Waals surface area contributed by atoms with Crippen LogP contribution in [0.2, 0.25) is 0 Å². The number of aliphatic hydroxyl groups is 1. The van der Waals surface area contributed by atoms with Gasteiger partial charge in [0.2, 0.25) is 17.7 Å². The Kier molecular flexibility index (Phi) is 20.4. The number of benzene rings is 3. The summed E-state index contributed by atoms with van der Waals surface area (Å²) in [6.45, 7) is 11.1. The average molecular weight is 1040 g/mol. The maximum absolute atomic E-state index is 13.9. The molecule has 1 fully saturated rings. The number of hydrogen-bond acceptors (Lipinski definition) is 15. The molecule has 1 aliphatic heterocycles. The van der Waals surface area contributed by atoms with Gasteiger partial charge in [-0.3, -0.25) is 19.4 Å². The predicted molar refractivity (Wildman–Crippen MR) is 287 cm³/mol. The molecule has 3 atom stereocenters. The third-order valence-electron chi connectivity index (χ3n) is 12.3. The van der Waals surface area contributed by atoms with E-state index in [0.29, 0.717) is 46.2 Å². The molecule has 3 N–H and O–H groups in total. The molecule has 4 heterocycles. The van der Waals surface area contributed by atoms with Crippen molar-refractivity contribution in [3.8, 4) is 32.1 Å². The van der Waals surface area contributed by atoms with Gasteiger partial charge in [0.1, 0.15) is 23.7 Å². The molecule has 1 saturated heterocycles. The van der Waals surface area contributed by atoms with Gasteiger partial charge in [0.15, 0.2) is 0 Å². The first-order valence-corrected chi connectivity index (χ1v) is 26.5. The third-order valence-corrected chi connectivity index (χ3v) is 14.4. The zero-order valence-electron chi connectivity index (χ0n) is 42.8. The van der Waals surface area contributed by atoms with E-state index in [4.69, 9.17) is 28.7 Å². The molecular weight excluding hydrogens is 967 g/mol. The van der Waals surface area contributed by atoms with E-state index in [9.17, 15) is 19.5 Å². The summed E-state index contributed by atoms with van der Waals surface area (Å²) in [5.41, 5.74) is 10.5. The van der Waals surface area contributed by atoms with E-state index in [-0.39, 0.29) is 45.2 Å². The molecule has 7 rings (SSSR count).